The molecule has 0 fully saturated rings. The van der Waals surface area contributed by atoms with Crippen LogP contribution < -0.4 is 4.74 Å². The molecule has 1 atom stereocenters. The number of aliphatic hydroxyl groups is 1. The Hall–Kier alpha value is -0.840. The minimum atomic E-state index is -0.480. The molecule has 1 aromatic heterocycles. The van der Waals surface area contributed by atoms with Crippen molar-refractivity contribution in [3.8, 4) is 5.75 Å². The van der Waals surface area contributed by atoms with E-state index >= 15 is 0 Å². The summed E-state index contributed by atoms with van der Waals surface area (Å²) >= 11 is 5.07. The first kappa shape index (κ1) is 12.6. The number of rotatable bonds is 4. The lowest BCUT2D eigenvalue weighted by atomic mass is 10.0. The van der Waals surface area contributed by atoms with Crippen molar-refractivity contribution in [2.24, 2.45) is 0 Å². The third-order valence-corrected chi connectivity index (χ3v) is 3.92. The number of hydrogen-bond donors (Lipinski definition) is 1. The summed E-state index contributed by atoms with van der Waals surface area (Å²) in [7, 11) is 1.63. The van der Waals surface area contributed by atoms with Gasteiger partial charge in [-0.15, -0.1) is 0 Å². The van der Waals surface area contributed by atoms with Gasteiger partial charge in [-0.2, -0.15) is 11.3 Å². The lowest BCUT2D eigenvalue weighted by Crippen LogP contribution is -2.01. The number of aliphatic hydroxyl groups excluding tert-OH is 1. The molecule has 4 heteroatoms. The smallest absolute Gasteiger partial charge is 0.133 e. The second-order valence-corrected chi connectivity index (χ2v) is 5.38. The van der Waals surface area contributed by atoms with Gasteiger partial charge in [0, 0.05) is 6.42 Å². The van der Waals surface area contributed by atoms with Gasteiger partial charge < -0.3 is 9.84 Å². The van der Waals surface area contributed by atoms with E-state index in [2.05, 4.69) is 21.3 Å². The summed E-state index contributed by atoms with van der Waals surface area (Å²) in [5.74, 6) is 0.775. The molecule has 0 aliphatic rings. The fourth-order valence-electron chi connectivity index (χ4n) is 1.64. The molecule has 0 bridgehead atoms. The SMILES string of the molecule is COc1ccc(C(O)Cc2ccsc2)cc1Br. The third-order valence-electron chi connectivity index (χ3n) is 2.57. The molecule has 17 heavy (non-hydrogen) atoms. The first-order chi connectivity index (χ1) is 8.20. The van der Waals surface area contributed by atoms with E-state index in [1.54, 1.807) is 18.4 Å². The van der Waals surface area contributed by atoms with Crippen molar-refractivity contribution in [1.29, 1.82) is 0 Å². The van der Waals surface area contributed by atoms with Crippen molar-refractivity contribution in [2.45, 2.75) is 12.5 Å². The minimum absolute atomic E-state index is 0.480. The van der Waals surface area contributed by atoms with Crippen molar-refractivity contribution in [2.75, 3.05) is 7.11 Å². The highest BCUT2D eigenvalue weighted by atomic mass is 79.9. The summed E-state index contributed by atoms with van der Waals surface area (Å²) in [6, 6.07) is 7.68. The predicted octanol–water partition coefficient (Wildman–Crippen LogP) is 3.80. The van der Waals surface area contributed by atoms with Gasteiger partial charge in [-0.1, -0.05) is 6.07 Å². The molecule has 2 aromatic rings. The second-order valence-electron chi connectivity index (χ2n) is 3.75. The zero-order chi connectivity index (χ0) is 12.3. The Morgan fingerprint density at radius 2 is 2.24 bits per heavy atom. The number of benzene rings is 1. The van der Waals surface area contributed by atoms with Gasteiger partial charge in [0.2, 0.25) is 0 Å². The molecule has 1 heterocycles. The zero-order valence-electron chi connectivity index (χ0n) is 9.39. The van der Waals surface area contributed by atoms with Gasteiger partial charge in [-0.3, -0.25) is 0 Å². The quantitative estimate of drug-likeness (QED) is 0.930. The van der Waals surface area contributed by atoms with Crippen molar-refractivity contribution in [3.63, 3.8) is 0 Å². The summed E-state index contributed by atoms with van der Waals surface area (Å²) in [5, 5.41) is 14.2. The Labute approximate surface area is 113 Å². The summed E-state index contributed by atoms with van der Waals surface area (Å²) in [5.41, 5.74) is 2.05. The van der Waals surface area contributed by atoms with Crippen molar-refractivity contribution in [1.82, 2.24) is 0 Å². The molecular formula is C13H13BrO2S. The summed E-state index contributed by atoms with van der Waals surface area (Å²) < 4.78 is 6.02. The molecule has 2 rings (SSSR count). The fourth-order valence-corrected chi connectivity index (χ4v) is 2.88. The Kier molecular flexibility index (Phi) is 4.20. The summed E-state index contributed by atoms with van der Waals surface area (Å²) in [4.78, 5) is 0. The third kappa shape index (κ3) is 3.09. The molecule has 0 aliphatic heterocycles. The number of halogens is 1. The fraction of sp³-hybridized carbons (Fsp3) is 0.231. The van der Waals surface area contributed by atoms with Crippen molar-refractivity contribution in [3.05, 3.63) is 50.6 Å². The number of thiophene rings is 1. The van der Waals surface area contributed by atoms with E-state index < -0.39 is 6.10 Å². The largest absolute Gasteiger partial charge is 0.496 e. The molecule has 0 saturated carbocycles. The molecule has 0 aliphatic carbocycles. The van der Waals surface area contributed by atoms with E-state index in [1.807, 2.05) is 29.6 Å². The van der Waals surface area contributed by atoms with Crippen LogP contribution in [-0.4, -0.2) is 12.2 Å². The predicted molar refractivity (Wildman–Crippen MR) is 73.7 cm³/mol. The van der Waals surface area contributed by atoms with E-state index in [-0.39, 0.29) is 0 Å². The standard InChI is InChI=1S/C13H13BrO2S/c1-16-13-3-2-10(7-11(13)14)12(15)6-9-4-5-17-8-9/h2-5,7-8,12,15H,6H2,1H3. The van der Waals surface area contributed by atoms with Crippen LogP contribution in [0.15, 0.2) is 39.5 Å². The van der Waals surface area contributed by atoms with Crippen LogP contribution >= 0.6 is 27.3 Å². The first-order valence-electron chi connectivity index (χ1n) is 5.23. The van der Waals surface area contributed by atoms with Crippen LogP contribution in [0.5, 0.6) is 5.75 Å². The van der Waals surface area contributed by atoms with Crippen LogP contribution in [0, 0.1) is 0 Å². The molecule has 0 radical (unpaired) electrons. The average Bonchev–Trinajstić information content (AvgIpc) is 2.81. The normalized spacial score (nSPS) is 12.4. The van der Waals surface area contributed by atoms with Gasteiger partial charge in [0.05, 0.1) is 17.7 Å². The van der Waals surface area contributed by atoms with Gasteiger partial charge in [-0.25, -0.2) is 0 Å². The second kappa shape index (κ2) is 5.67. The maximum Gasteiger partial charge on any atom is 0.133 e. The van der Waals surface area contributed by atoms with Crippen molar-refractivity contribution >= 4 is 27.3 Å². The Morgan fingerprint density at radius 1 is 1.41 bits per heavy atom. The van der Waals surface area contributed by atoms with Gasteiger partial charge in [0.25, 0.3) is 0 Å². The molecular weight excluding hydrogens is 300 g/mol. The molecule has 2 nitrogen and oxygen atoms in total. The van der Waals surface area contributed by atoms with Gasteiger partial charge in [0.15, 0.2) is 0 Å². The monoisotopic (exact) mass is 312 g/mol. The number of ether oxygens (including phenoxy) is 1. The number of hydrogen-bond acceptors (Lipinski definition) is 3. The zero-order valence-corrected chi connectivity index (χ0v) is 11.8. The summed E-state index contributed by atoms with van der Waals surface area (Å²) in [6.45, 7) is 0. The van der Waals surface area contributed by atoms with E-state index in [0.717, 1.165) is 21.3 Å². The van der Waals surface area contributed by atoms with E-state index in [4.69, 9.17) is 4.74 Å². The van der Waals surface area contributed by atoms with Crippen molar-refractivity contribution < 1.29 is 9.84 Å². The van der Waals surface area contributed by atoms with Crippen LogP contribution in [0.1, 0.15) is 17.2 Å². The molecule has 0 spiro atoms. The Bertz CT molecular complexity index is 482. The minimum Gasteiger partial charge on any atom is -0.496 e. The molecule has 1 N–H and O–H groups in total. The van der Waals surface area contributed by atoms with Crippen LogP contribution in [0.3, 0.4) is 0 Å². The molecule has 0 saturated heterocycles. The molecule has 1 aromatic carbocycles. The highest BCUT2D eigenvalue weighted by Gasteiger charge is 2.11. The number of methoxy groups -OCH3 is 1. The van der Waals surface area contributed by atoms with Gasteiger partial charge >= 0.3 is 0 Å². The maximum atomic E-state index is 10.1. The Balaban J connectivity index is 2.14. The highest BCUT2D eigenvalue weighted by molar-refractivity contribution is 9.10. The van der Waals surface area contributed by atoms with E-state index in [0.29, 0.717) is 6.42 Å². The van der Waals surface area contributed by atoms with Crippen LogP contribution in [-0.2, 0) is 6.42 Å². The summed E-state index contributed by atoms with van der Waals surface area (Å²) in [6.07, 6.45) is 0.161. The topological polar surface area (TPSA) is 29.5 Å². The Morgan fingerprint density at radius 3 is 2.82 bits per heavy atom. The molecule has 90 valence electrons. The van der Waals surface area contributed by atoms with Gasteiger partial charge in [0.1, 0.15) is 5.75 Å². The van der Waals surface area contributed by atoms with Crippen LogP contribution in [0.4, 0.5) is 0 Å². The average molecular weight is 313 g/mol. The highest BCUT2D eigenvalue weighted by Crippen LogP contribution is 2.29. The maximum absolute atomic E-state index is 10.1. The van der Waals surface area contributed by atoms with Gasteiger partial charge in [-0.05, 0) is 56.0 Å². The molecule has 1 unspecified atom stereocenters. The van der Waals surface area contributed by atoms with Crippen LogP contribution in [0.2, 0.25) is 0 Å². The lowest BCUT2D eigenvalue weighted by molar-refractivity contribution is 0.178. The lowest BCUT2D eigenvalue weighted by Gasteiger charge is -2.12. The first-order valence-corrected chi connectivity index (χ1v) is 6.97. The van der Waals surface area contributed by atoms with Crippen LogP contribution in [0.25, 0.3) is 0 Å². The van der Waals surface area contributed by atoms with E-state index in [9.17, 15) is 5.11 Å². The molecule has 0 amide bonds. The van der Waals surface area contributed by atoms with E-state index in [1.165, 1.54) is 0 Å².